The molecule has 120 valence electrons. The van der Waals surface area contributed by atoms with Gasteiger partial charge in [-0.1, -0.05) is 29.8 Å². The summed E-state index contributed by atoms with van der Waals surface area (Å²) in [5, 5.41) is 3.67. The molecule has 2 unspecified atom stereocenters. The summed E-state index contributed by atoms with van der Waals surface area (Å²) < 4.78 is 22.8. The fourth-order valence-electron chi connectivity index (χ4n) is 2.58. The number of hydrogen-bond donors (Lipinski definition) is 1. The molecule has 2 aromatic carbocycles. The predicted molar refractivity (Wildman–Crippen MR) is 89.6 cm³/mol. The van der Waals surface area contributed by atoms with Gasteiger partial charge in [0.1, 0.15) is 0 Å². The highest BCUT2D eigenvalue weighted by Crippen LogP contribution is 2.43. The monoisotopic (exact) mass is 349 g/mol. The van der Waals surface area contributed by atoms with Crippen molar-refractivity contribution >= 4 is 27.3 Å². The van der Waals surface area contributed by atoms with Crippen LogP contribution in [0.1, 0.15) is 28.3 Å². The van der Waals surface area contributed by atoms with E-state index in [1.807, 2.05) is 24.3 Å². The van der Waals surface area contributed by atoms with Crippen LogP contribution in [-0.2, 0) is 9.84 Å². The number of amides is 1. The molecule has 4 nitrogen and oxygen atoms in total. The molecule has 1 aliphatic carbocycles. The van der Waals surface area contributed by atoms with Gasteiger partial charge in [0.25, 0.3) is 5.91 Å². The number of hydrogen-bond acceptors (Lipinski definition) is 3. The third-order valence-electron chi connectivity index (χ3n) is 3.96. The van der Waals surface area contributed by atoms with Crippen LogP contribution in [0.3, 0.4) is 0 Å². The van der Waals surface area contributed by atoms with Crippen molar-refractivity contribution in [2.45, 2.75) is 23.3 Å². The number of halogens is 1. The van der Waals surface area contributed by atoms with Gasteiger partial charge in [0, 0.05) is 28.8 Å². The van der Waals surface area contributed by atoms with Crippen LogP contribution in [0.5, 0.6) is 0 Å². The maximum Gasteiger partial charge on any atom is 0.251 e. The van der Waals surface area contributed by atoms with Gasteiger partial charge in [-0.25, -0.2) is 8.42 Å². The van der Waals surface area contributed by atoms with Crippen LogP contribution in [0.25, 0.3) is 0 Å². The van der Waals surface area contributed by atoms with Gasteiger partial charge in [0.2, 0.25) is 0 Å². The summed E-state index contributed by atoms with van der Waals surface area (Å²) in [5.74, 6) is 0.0348. The van der Waals surface area contributed by atoms with E-state index in [1.165, 1.54) is 24.3 Å². The van der Waals surface area contributed by atoms with Gasteiger partial charge in [-0.2, -0.15) is 0 Å². The van der Waals surface area contributed by atoms with Gasteiger partial charge < -0.3 is 5.32 Å². The average Bonchev–Trinajstić information content (AvgIpc) is 3.26. The fourth-order valence-corrected chi connectivity index (χ4v) is 3.49. The molecule has 23 heavy (non-hydrogen) atoms. The van der Waals surface area contributed by atoms with Crippen LogP contribution in [0.15, 0.2) is 53.4 Å². The Morgan fingerprint density at radius 2 is 1.78 bits per heavy atom. The molecule has 3 rings (SSSR count). The quantitative estimate of drug-likeness (QED) is 0.922. The molecule has 1 amide bonds. The van der Waals surface area contributed by atoms with Crippen molar-refractivity contribution in [2.24, 2.45) is 0 Å². The lowest BCUT2D eigenvalue weighted by atomic mass is 10.1. The zero-order chi connectivity index (χ0) is 16.6. The largest absolute Gasteiger partial charge is 0.349 e. The highest BCUT2D eigenvalue weighted by Gasteiger charge is 2.40. The zero-order valence-electron chi connectivity index (χ0n) is 12.5. The maximum atomic E-state index is 12.2. The van der Waals surface area contributed by atoms with E-state index in [2.05, 4.69) is 5.32 Å². The molecule has 2 atom stereocenters. The van der Waals surface area contributed by atoms with Gasteiger partial charge in [-0.05, 0) is 42.3 Å². The van der Waals surface area contributed by atoms with Gasteiger partial charge in [-0.15, -0.1) is 0 Å². The van der Waals surface area contributed by atoms with Gasteiger partial charge in [0.05, 0.1) is 4.90 Å². The van der Waals surface area contributed by atoms with Crippen LogP contribution in [0.2, 0.25) is 5.02 Å². The molecular weight excluding hydrogens is 334 g/mol. The smallest absolute Gasteiger partial charge is 0.251 e. The van der Waals surface area contributed by atoms with Crippen molar-refractivity contribution in [1.29, 1.82) is 0 Å². The van der Waals surface area contributed by atoms with E-state index in [1.54, 1.807) is 0 Å². The van der Waals surface area contributed by atoms with Crippen molar-refractivity contribution < 1.29 is 13.2 Å². The van der Waals surface area contributed by atoms with Crippen LogP contribution in [0, 0.1) is 0 Å². The summed E-state index contributed by atoms with van der Waals surface area (Å²) in [6.07, 6.45) is 2.00. The SMILES string of the molecule is CS(=O)(=O)c1ccc(C(=O)NC2CC2c2ccccc2Cl)cc1. The van der Waals surface area contributed by atoms with E-state index in [-0.39, 0.29) is 22.8 Å². The first-order chi connectivity index (χ1) is 10.9. The van der Waals surface area contributed by atoms with E-state index < -0.39 is 9.84 Å². The third-order valence-corrected chi connectivity index (χ3v) is 5.43. The molecule has 2 aromatic rings. The molecule has 1 aliphatic rings. The van der Waals surface area contributed by atoms with Gasteiger partial charge in [-0.3, -0.25) is 4.79 Å². The number of sulfone groups is 1. The Kier molecular flexibility index (Phi) is 4.17. The summed E-state index contributed by atoms with van der Waals surface area (Å²) in [4.78, 5) is 12.4. The molecule has 0 heterocycles. The van der Waals surface area contributed by atoms with Crippen molar-refractivity contribution in [3.8, 4) is 0 Å². The van der Waals surface area contributed by atoms with E-state index >= 15 is 0 Å². The Bertz CT molecular complexity index is 846. The normalized spacial score (nSPS) is 20.1. The minimum atomic E-state index is -3.25. The molecule has 0 radical (unpaired) electrons. The summed E-state index contributed by atoms with van der Waals surface area (Å²) in [5.41, 5.74) is 1.49. The van der Waals surface area contributed by atoms with Crippen LogP contribution in [0.4, 0.5) is 0 Å². The van der Waals surface area contributed by atoms with Crippen molar-refractivity contribution in [1.82, 2.24) is 5.32 Å². The number of rotatable bonds is 4. The van der Waals surface area contributed by atoms with Crippen LogP contribution in [-0.4, -0.2) is 26.6 Å². The number of benzene rings is 2. The molecule has 6 heteroatoms. The molecule has 0 aliphatic heterocycles. The third kappa shape index (κ3) is 3.57. The second kappa shape index (κ2) is 5.98. The molecule has 1 fully saturated rings. The highest BCUT2D eigenvalue weighted by molar-refractivity contribution is 7.90. The van der Waals surface area contributed by atoms with E-state index in [9.17, 15) is 13.2 Å². The summed E-state index contributed by atoms with van der Waals surface area (Å²) in [7, 11) is -3.25. The fraction of sp³-hybridized carbons (Fsp3) is 0.235. The van der Waals surface area contributed by atoms with Gasteiger partial charge >= 0.3 is 0 Å². The van der Waals surface area contributed by atoms with Crippen molar-refractivity contribution in [3.63, 3.8) is 0 Å². The topological polar surface area (TPSA) is 63.2 Å². The number of nitrogens with one attached hydrogen (secondary N) is 1. The standard InChI is InChI=1S/C17H16ClNO3S/c1-23(21,22)12-8-6-11(7-9-12)17(20)19-16-10-14(16)13-4-2-3-5-15(13)18/h2-9,14,16H,10H2,1H3,(H,19,20). The zero-order valence-corrected chi connectivity index (χ0v) is 14.1. The summed E-state index contributed by atoms with van der Waals surface area (Å²) in [6.45, 7) is 0. The first-order valence-electron chi connectivity index (χ1n) is 7.21. The molecule has 0 spiro atoms. The molecule has 0 bridgehead atoms. The van der Waals surface area contributed by atoms with E-state index in [0.29, 0.717) is 10.6 Å². The average molecular weight is 350 g/mol. The summed E-state index contributed by atoms with van der Waals surface area (Å²) >= 11 is 6.17. The Balaban J connectivity index is 1.66. The first kappa shape index (κ1) is 16.0. The van der Waals surface area contributed by atoms with Gasteiger partial charge in [0.15, 0.2) is 9.84 Å². The minimum absolute atomic E-state index is 0.0667. The molecule has 1 saturated carbocycles. The molecule has 0 saturated heterocycles. The van der Waals surface area contributed by atoms with Crippen molar-refractivity contribution in [3.05, 3.63) is 64.7 Å². The van der Waals surface area contributed by atoms with Crippen LogP contribution < -0.4 is 5.32 Å². The Morgan fingerprint density at radius 1 is 1.13 bits per heavy atom. The lowest BCUT2D eigenvalue weighted by Gasteiger charge is -2.07. The second-order valence-corrected chi connectivity index (χ2v) is 8.16. The molecule has 1 N–H and O–H groups in total. The van der Waals surface area contributed by atoms with Crippen LogP contribution >= 0.6 is 11.6 Å². The second-order valence-electron chi connectivity index (χ2n) is 5.74. The Morgan fingerprint density at radius 3 is 2.39 bits per heavy atom. The van der Waals surface area contributed by atoms with E-state index in [4.69, 9.17) is 11.6 Å². The Hall–Kier alpha value is -1.85. The molecule has 0 aromatic heterocycles. The minimum Gasteiger partial charge on any atom is -0.349 e. The lowest BCUT2D eigenvalue weighted by molar-refractivity contribution is 0.0950. The number of carbonyl (C=O) groups excluding carboxylic acids is 1. The molecular formula is C17H16ClNO3S. The first-order valence-corrected chi connectivity index (χ1v) is 9.48. The Labute approximate surface area is 140 Å². The predicted octanol–water partition coefficient (Wildman–Crippen LogP) is 3.03. The highest BCUT2D eigenvalue weighted by atomic mass is 35.5. The number of carbonyl (C=O) groups is 1. The summed E-state index contributed by atoms with van der Waals surface area (Å²) in [6, 6.07) is 13.6. The lowest BCUT2D eigenvalue weighted by Crippen LogP contribution is -2.26. The maximum absolute atomic E-state index is 12.2. The van der Waals surface area contributed by atoms with Crippen molar-refractivity contribution in [2.75, 3.05) is 6.26 Å². The van der Waals surface area contributed by atoms with E-state index in [0.717, 1.165) is 18.2 Å².